The summed E-state index contributed by atoms with van der Waals surface area (Å²) in [6.07, 6.45) is 4.61. The SMILES string of the molecule is O=C1C(=O)N(Cc2cn(CC(=O)N3CCN(c4cc5c(cc4F)c(=O)c(C(=O)O)cn5C4CC4)CC3)nn2)c2ccccc21. The van der Waals surface area contributed by atoms with Crippen LogP contribution >= 0.6 is 0 Å². The molecule has 2 aliphatic heterocycles. The van der Waals surface area contributed by atoms with Gasteiger partial charge in [0.25, 0.3) is 11.7 Å². The third kappa shape index (κ3) is 4.68. The molecule has 0 atom stereocenters. The molecule has 2 aromatic carbocycles. The number of carbonyl (C=O) groups excluding carboxylic acids is 3. The second-order valence-corrected chi connectivity index (χ2v) is 11.1. The highest BCUT2D eigenvalue weighted by molar-refractivity contribution is 6.52. The van der Waals surface area contributed by atoms with E-state index >= 15 is 4.39 Å². The number of anilines is 2. The zero-order chi connectivity index (χ0) is 30.7. The summed E-state index contributed by atoms with van der Waals surface area (Å²) in [4.78, 5) is 67.0. The van der Waals surface area contributed by atoms with Gasteiger partial charge in [0.05, 0.1) is 35.2 Å². The molecule has 2 aromatic heterocycles. The summed E-state index contributed by atoms with van der Waals surface area (Å²) in [7, 11) is 0. The van der Waals surface area contributed by atoms with Crippen molar-refractivity contribution in [3.05, 3.63) is 81.7 Å². The first kappa shape index (κ1) is 27.4. The average Bonchev–Trinajstić information content (AvgIpc) is 3.73. The minimum atomic E-state index is -1.34. The van der Waals surface area contributed by atoms with Crippen molar-refractivity contribution in [3.63, 3.8) is 0 Å². The Morgan fingerprint density at radius 2 is 1.73 bits per heavy atom. The highest BCUT2D eigenvalue weighted by Crippen LogP contribution is 2.38. The van der Waals surface area contributed by atoms with Gasteiger partial charge >= 0.3 is 5.97 Å². The topological polar surface area (TPSA) is 151 Å². The Labute approximate surface area is 248 Å². The van der Waals surface area contributed by atoms with Crippen molar-refractivity contribution in [2.45, 2.75) is 32.0 Å². The van der Waals surface area contributed by atoms with Crippen LogP contribution < -0.4 is 15.2 Å². The van der Waals surface area contributed by atoms with Gasteiger partial charge in [-0.3, -0.25) is 24.1 Å². The van der Waals surface area contributed by atoms with Gasteiger partial charge in [-0.05, 0) is 37.1 Å². The second kappa shape index (κ2) is 10.4. The van der Waals surface area contributed by atoms with Gasteiger partial charge in [0.1, 0.15) is 23.6 Å². The third-order valence-corrected chi connectivity index (χ3v) is 8.33. The van der Waals surface area contributed by atoms with Gasteiger partial charge in [-0.15, -0.1) is 5.10 Å². The number of ketones is 1. The molecule has 7 rings (SSSR count). The van der Waals surface area contributed by atoms with Gasteiger partial charge in [0.2, 0.25) is 11.3 Å². The third-order valence-electron chi connectivity index (χ3n) is 8.33. The lowest BCUT2D eigenvalue weighted by molar-refractivity contribution is -0.132. The van der Waals surface area contributed by atoms with Gasteiger partial charge in [-0.2, -0.15) is 0 Å². The number of fused-ring (bicyclic) bond motifs is 2. The van der Waals surface area contributed by atoms with Crippen molar-refractivity contribution in [3.8, 4) is 0 Å². The Balaban J connectivity index is 1.02. The first-order chi connectivity index (χ1) is 21.2. The molecule has 4 aromatic rings. The molecule has 0 unspecified atom stereocenters. The number of benzene rings is 2. The highest BCUT2D eigenvalue weighted by atomic mass is 19.1. The Morgan fingerprint density at radius 3 is 2.45 bits per heavy atom. The molecule has 1 saturated heterocycles. The fraction of sp³-hybridized carbons (Fsp3) is 0.300. The summed E-state index contributed by atoms with van der Waals surface area (Å²) in [5, 5.41) is 17.6. The number of pyridine rings is 1. The molecule has 13 nitrogen and oxygen atoms in total. The lowest BCUT2D eigenvalue weighted by atomic mass is 10.1. The van der Waals surface area contributed by atoms with E-state index in [1.165, 1.54) is 15.8 Å². The van der Waals surface area contributed by atoms with Crippen LogP contribution in [0.1, 0.15) is 45.3 Å². The van der Waals surface area contributed by atoms with Crippen LogP contribution in [0.15, 0.2) is 53.6 Å². The highest BCUT2D eigenvalue weighted by Gasteiger charge is 2.36. The Hall–Kier alpha value is -5.40. The number of nitrogens with zero attached hydrogens (tertiary/aromatic N) is 7. The predicted octanol–water partition coefficient (Wildman–Crippen LogP) is 1.84. The van der Waals surface area contributed by atoms with E-state index in [-0.39, 0.29) is 36.0 Å². The minimum absolute atomic E-state index is 0.0315. The maximum atomic E-state index is 15.3. The smallest absolute Gasteiger partial charge is 0.341 e. The molecule has 0 radical (unpaired) electrons. The van der Waals surface area contributed by atoms with Crippen molar-refractivity contribution in [1.82, 2.24) is 24.5 Å². The number of amides is 2. The van der Waals surface area contributed by atoms with Gasteiger partial charge in [-0.1, -0.05) is 17.3 Å². The molecule has 2 fully saturated rings. The standard InChI is InChI=1S/C30H26FN7O6/c31-22-11-20-24(37(18-5-6-18)15-21(27(20)40)30(43)44)12-25(22)34-7-9-35(10-8-34)26(39)16-36-13-17(32-33-36)14-38-23-4-2-1-3-19(23)28(41)29(38)42/h1-4,11-13,15,18H,5-10,14,16H2,(H,43,44). The summed E-state index contributed by atoms with van der Waals surface area (Å²) in [5.74, 6) is -3.40. The number of aromatic carboxylic acids is 1. The van der Waals surface area contributed by atoms with Gasteiger partial charge < -0.3 is 19.5 Å². The quantitative estimate of drug-likeness (QED) is 0.314. The van der Waals surface area contributed by atoms with Crippen molar-refractivity contribution in [1.29, 1.82) is 0 Å². The number of aromatic nitrogens is 4. The number of para-hydroxylation sites is 1. The minimum Gasteiger partial charge on any atom is -0.477 e. The number of carboxylic acid groups (broad SMARTS) is 1. The molecular formula is C30H26FN7O6. The van der Waals surface area contributed by atoms with E-state index in [4.69, 9.17) is 0 Å². The van der Waals surface area contributed by atoms with Crippen molar-refractivity contribution < 1.29 is 28.7 Å². The molecule has 1 N–H and O–H groups in total. The zero-order valence-corrected chi connectivity index (χ0v) is 23.3. The molecule has 14 heteroatoms. The molecule has 44 heavy (non-hydrogen) atoms. The average molecular weight is 600 g/mol. The maximum Gasteiger partial charge on any atom is 0.341 e. The fourth-order valence-electron chi connectivity index (χ4n) is 5.90. The molecule has 0 spiro atoms. The number of piperazine rings is 1. The van der Waals surface area contributed by atoms with Crippen molar-refractivity contribution >= 4 is 45.8 Å². The predicted molar refractivity (Wildman–Crippen MR) is 154 cm³/mol. The number of carboxylic acids is 1. The maximum absolute atomic E-state index is 15.3. The summed E-state index contributed by atoms with van der Waals surface area (Å²) in [6, 6.07) is 9.50. The first-order valence-corrected chi connectivity index (χ1v) is 14.2. The van der Waals surface area contributed by atoms with Crippen LogP contribution in [-0.2, 0) is 22.7 Å². The molecule has 0 bridgehead atoms. The van der Waals surface area contributed by atoms with E-state index in [2.05, 4.69) is 10.3 Å². The molecular weight excluding hydrogens is 573 g/mol. The van der Waals surface area contributed by atoms with Crippen LogP contribution in [0, 0.1) is 5.82 Å². The summed E-state index contributed by atoms with van der Waals surface area (Å²) in [6.45, 7) is 1.31. The molecule has 2 amide bonds. The van der Waals surface area contributed by atoms with E-state index < -0.39 is 28.9 Å². The normalized spacial score (nSPS) is 16.6. The van der Waals surface area contributed by atoms with Crippen molar-refractivity contribution in [2.24, 2.45) is 0 Å². The van der Waals surface area contributed by atoms with Crippen LogP contribution in [0.3, 0.4) is 0 Å². The fourth-order valence-corrected chi connectivity index (χ4v) is 5.90. The summed E-state index contributed by atoms with van der Waals surface area (Å²) in [5.41, 5.74) is 0.955. The Bertz CT molecular complexity index is 1940. The van der Waals surface area contributed by atoms with Gasteiger partial charge in [0.15, 0.2) is 0 Å². The van der Waals surface area contributed by atoms with E-state index in [0.29, 0.717) is 54.3 Å². The van der Waals surface area contributed by atoms with Crippen LogP contribution in [0.5, 0.6) is 0 Å². The number of hydrogen-bond donors (Lipinski definition) is 1. The van der Waals surface area contributed by atoms with E-state index in [1.54, 1.807) is 46.0 Å². The van der Waals surface area contributed by atoms with Gasteiger partial charge in [0, 0.05) is 43.8 Å². The number of halogens is 1. The first-order valence-electron chi connectivity index (χ1n) is 14.2. The summed E-state index contributed by atoms with van der Waals surface area (Å²) >= 11 is 0. The molecule has 1 aliphatic carbocycles. The van der Waals surface area contributed by atoms with E-state index in [0.717, 1.165) is 18.9 Å². The molecule has 224 valence electrons. The number of carbonyl (C=O) groups is 4. The second-order valence-electron chi connectivity index (χ2n) is 11.1. The lowest BCUT2D eigenvalue weighted by Gasteiger charge is -2.36. The van der Waals surface area contributed by atoms with Gasteiger partial charge in [-0.25, -0.2) is 13.9 Å². The molecule has 1 saturated carbocycles. The Morgan fingerprint density at radius 1 is 0.977 bits per heavy atom. The van der Waals surface area contributed by atoms with Crippen LogP contribution in [0.25, 0.3) is 10.9 Å². The largest absolute Gasteiger partial charge is 0.477 e. The molecule has 3 aliphatic rings. The monoisotopic (exact) mass is 599 g/mol. The zero-order valence-electron chi connectivity index (χ0n) is 23.3. The van der Waals surface area contributed by atoms with E-state index in [1.807, 2.05) is 4.90 Å². The summed E-state index contributed by atoms with van der Waals surface area (Å²) < 4.78 is 18.4. The van der Waals surface area contributed by atoms with Crippen LogP contribution in [0.4, 0.5) is 15.8 Å². The Kier molecular flexibility index (Phi) is 6.48. The number of rotatable bonds is 7. The van der Waals surface area contributed by atoms with E-state index in [9.17, 15) is 29.1 Å². The van der Waals surface area contributed by atoms with Crippen LogP contribution in [0.2, 0.25) is 0 Å². The van der Waals surface area contributed by atoms with Crippen molar-refractivity contribution in [2.75, 3.05) is 36.0 Å². The number of Topliss-reactive ketones (excluding diaryl/α,β-unsaturated/α-hetero) is 1. The number of hydrogen-bond acceptors (Lipinski definition) is 8. The lowest BCUT2D eigenvalue weighted by Crippen LogP contribution is -2.50. The van der Waals surface area contributed by atoms with Crippen LogP contribution in [-0.4, -0.2) is 79.3 Å². The molecule has 4 heterocycles.